The fourth-order valence-corrected chi connectivity index (χ4v) is 3.70. The average Bonchev–Trinajstić information content (AvgIpc) is 3.16. The Morgan fingerprint density at radius 1 is 1.00 bits per heavy atom. The van der Waals surface area contributed by atoms with Gasteiger partial charge in [0.15, 0.2) is 0 Å². The number of carbonyl (C=O) groups excluding carboxylic acids is 3. The van der Waals surface area contributed by atoms with Crippen molar-refractivity contribution in [1.29, 1.82) is 0 Å². The Labute approximate surface area is 168 Å². The van der Waals surface area contributed by atoms with E-state index in [-0.39, 0.29) is 24.3 Å². The predicted octanol–water partition coefficient (Wildman–Crippen LogP) is 2.45. The van der Waals surface area contributed by atoms with Crippen molar-refractivity contribution in [2.24, 2.45) is 0 Å². The molecule has 28 heavy (non-hydrogen) atoms. The second-order valence-corrected chi connectivity index (χ2v) is 7.56. The lowest BCUT2D eigenvalue weighted by atomic mass is 10.2. The van der Waals surface area contributed by atoms with Crippen LogP contribution in [-0.2, 0) is 9.59 Å². The summed E-state index contributed by atoms with van der Waals surface area (Å²) >= 11 is 1.67. The molecule has 0 atom stereocenters. The van der Waals surface area contributed by atoms with E-state index in [1.54, 1.807) is 40.9 Å². The maximum absolute atomic E-state index is 12.2. The fraction of sp³-hybridized carbons (Fsp3) is 0.286. The highest BCUT2D eigenvalue weighted by molar-refractivity contribution is 7.99. The van der Waals surface area contributed by atoms with E-state index in [0.717, 1.165) is 22.8 Å². The average molecular weight is 398 g/mol. The van der Waals surface area contributed by atoms with Gasteiger partial charge in [-0.15, -0.1) is 11.8 Å². The summed E-state index contributed by atoms with van der Waals surface area (Å²) in [5.41, 5.74) is 1.26. The van der Waals surface area contributed by atoms with Crippen molar-refractivity contribution < 1.29 is 14.4 Å². The molecule has 1 heterocycles. The molecule has 146 valence electrons. The molecule has 0 bridgehead atoms. The van der Waals surface area contributed by atoms with Crippen LogP contribution in [0.25, 0.3) is 0 Å². The minimum Gasteiger partial charge on any atom is -0.354 e. The highest BCUT2D eigenvalue weighted by atomic mass is 32.2. The second kappa shape index (κ2) is 9.94. The summed E-state index contributed by atoms with van der Waals surface area (Å²) in [6, 6.07) is 16.8. The number of thioether (sulfide) groups is 1. The van der Waals surface area contributed by atoms with Gasteiger partial charge in [0, 0.05) is 41.4 Å². The van der Waals surface area contributed by atoms with E-state index in [2.05, 4.69) is 10.6 Å². The van der Waals surface area contributed by atoms with Crippen LogP contribution < -0.4 is 15.5 Å². The Balaban J connectivity index is 1.37. The summed E-state index contributed by atoms with van der Waals surface area (Å²) < 4.78 is 0. The van der Waals surface area contributed by atoms with Crippen LogP contribution in [0.2, 0.25) is 0 Å². The van der Waals surface area contributed by atoms with Crippen LogP contribution in [0.5, 0.6) is 0 Å². The van der Waals surface area contributed by atoms with Gasteiger partial charge in [-0.25, -0.2) is 0 Å². The Kier molecular flexibility index (Phi) is 7.08. The van der Waals surface area contributed by atoms with E-state index in [1.807, 2.05) is 30.3 Å². The maximum atomic E-state index is 12.2. The summed E-state index contributed by atoms with van der Waals surface area (Å²) in [6.45, 7) is 1.18. The van der Waals surface area contributed by atoms with Crippen molar-refractivity contribution in [1.82, 2.24) is 10.6 Å². The van der Waals surface area contributed by atoms with Crippen LogP contribution >= 0.6 is 11.8 Å². The van der Waals surface area contributed by atoms with E-state index < -0.39 is 0 Å². The zero-order chi connectivity index (χ0) is 19.8. The molecule has 3 amide bonds. The third-order valence-electron chi connectivity index (χ3n) is 4.36. The van der Waals surface area contributed by atoms with Crippen LogP contribution in [0.15, 0.2) is 59.5 Å². The van der Waals surface area contributed by atoms with Crippen LogP contribution in [-0.4, -0.2) is 43.1 Å². The minimum atomic E-state index is -0.312. The first kappa shape index (κ1) is 19.9. The zero-order valence-electron chi connectivity index (χ0n) is 15.5. The number of nitrogens with one attached hydrogen (secondary N) is 2. The molecule has 7 heteroatoms. The monoisotopic (exact) mass is 397 g/mol. The third-order valence-corrected chi connectivity index (χ3v) is 5.37. The number of nitrogens with zero attached hydrogens (tertiary/aromatic N) is 1. The Bertz CT molecular complexity index is 825. The van der Waals surface area contributed by atoms with E-state index in [9.17, 15) is 14.4 Å². The molecule has 2 N–H and O–H groups in total. The van der Waals surface area contributed by atoms with Gasteiger partial charge in [-0.1, -0.05) is 18.2 Å². The van der Waals surface area contributed by atoms with Crippen molar-refractivity contribution in [3.8, 4) is 0 Å². The SMILES string of the molecule is O=C(CNC(=O)c1ccc(N2CCCC2=O)cc1)NCCSc1ccccc1. The summed E-state index contributed by atoms with van der Waals surface area (Å²) in [4.78, 5) is 38.7. The third kappa shape index (κ3) is 5.60. The first-order chi connectivity index (χ1) is 13.6. The topological polar surface area (TPSA) is 78.5 Å². The lowest BCUT2D eigenvalue weighted by Crippen LogP contribution is -2.37. The molecule has 0 spiro atoms. The van der Waals surface area contributed by atoms with Gasteiger partial charge >= 0.3 is 0 Å². The molecule has 0 unspecified atom stereocenters. The number of hydrogen-bond donors (Lipinski definition) is 2. The molecule has 1 aliphatic heterocycles. The fourth-order valence-electron chi connectivity index (χ4n) is 2.92. The molecule has 2 aromatic carbocycles. The molecule has 0 radical (unpaired) electrons. The minimum absolute atomic E-state index is 0.0683. The highest BCUT2D eigenvalue weighted by Gasteiger charge is 2.21. The van der Waals surface area contributed by atoms with Gasteiger partial charge in [0.2, 0.25) is 11.8 Å². The molecule has 6 nitrogen and oxygen atoms in total. The first-order valence-corrected chi connectivity index (χ1v) is 10.3. The smallest absolute Gasteiger partial charge is 0.251 e. The van der Waals surface area contributed by atoms with Crippen LogP contribution in [0.4, 0.5) is 5.69 Å². The molecule has 0 aliphatic carbocycles. The normalized spacial score (nSPS) is 13.4. The van der Waals surface area contributed by atoms with E-state index in [1.165, 1.54) is 0 Å². The largest absolute Gasteiger partial charge is 0.354 e. The van der Waals surface area contributed by atoms with Crippen molar-refractivity contribution >= 4 is 35.2 Å². The predicted molar refractivity (Wildman–Crippen MR) is 111 cm³/mol. The number of rotatable bonds is 8. The van der Waals surface area contributed by atoms with Gasteiger partial charge in [-0.05, 0) is 42.8 Å². The lowest BCUT2D eigenvalue weighted by molar-refractivity contribution is -0.120. The Morgan fingerprint density at radius 3 is 2.43 bits per heavy atom. The Morgan fingerprint density at radius 2 is 1.75 bits per heavy atom. The molecule has 1 saturated heterocycles. The molecule has 1 fully saturated rings. The van der Waals surface area contributed by atoms with Gasteiger partial charge in [-0.2, -0.15) is 0 Å². The molecular formula is C21H23N3O3S. The number of amides is 3. The molecule has 0 aromatic heterocycles. The Hall–Kier alpha value is -2.80. The van der Waals surface area contributed by atoms with Crippen molar-refractivity contribution in [2.75, 3.05) is 30.3 Å². The van der Waals surface area contributed by atoms with Gasteiger partial charge in [0.25, 0.3) is 5.91 Å². The quantitative estimate of drug-likeness (QED) is 0.530. The van der Waals surface area contributed by atoms with E-state index in [4.69, 9.17) is 0 Å². The molecule has 1 aliphatic rings. The molecular weight excluding hydrogens is 374 g/mol. The van der Waals surface area contributed by atoms with Gasteiger partial charge in [-0.3, -0.25) is 14.4 Å². The van der Waals surface area contributed by atoms with Crippen molar-refractivity contribution in [2.45, 2.75) is 17.7 Å². The van der Waals surface area contributed by atoms with Crippen molar-refractivity contribution in [3.63, 3.8) is 0 Å². The second-order valence-electron chi connectivity index (χ2n) is 6.39. The van der Waals surface area contributed by atoms with E-state index in [0.29, 0.717) is 25.1 Å². The number of anilines is 1. The first-order valence-electron chi connectivity index (χ1n) is 9.26. The van der Waals surface area contributed by atoms with Crippen molar-refractivity contribution in [3.05, 3.63) is 60.2 Å². The van der Waals surface area contributed by atoms with Crippen LogP contribution in [0, 0.1) is 0 Å². The summed E-state index contributed by atoms with van der Waals surface area (Å²) in [5.74, 6) is 0.342. The van der Waals surface area contributed by atoms with E-state index >= 15 is 0 Å². The molecule has 2 aromatic rings. The lowest BCUT2D eigenvalue weighted by Gasteiger charge is -2.15. The summed E-state index contributed by atoms with van der Waals surface area (Å²) in [7, 11) is 0. The molecule has 0 saturated carbocycles. The van der Waals surface area contributed by atoms with Gasteiger partial charge < -0.3 is 15.5 Å². The van der Waals surface area contributed by atoms with Gasteiger partial charge in [0.1, 0.15) is 0 Å². The summed E-state index contributed by atoms with van der Waals surface area (Å²) in [5, 5.41) is 5.41. The van der Waals surface area contributed by atoms with Crippen LogP contribution in [0.1, 0.15) is 23.2 Å². The highest BCUT2D eigenvalue weighted by Crippen LogP contribution is 2.21. The van der Waals surface area contributed by atoms with Crippen LogP contribution in [0.3, 0.4) is 0 Å². The summed E-state index contributed by atoms with van der Waals surface area (Å²) in [6.07, 6.45) is 1.43. The molecule has 3 rings (SSSR count). The zero-order valence-corrected chi connectivity index (χ0v) is 16.3. The number of benzene rings is 2. The van der Waals surface area contributed by atoms with Gasteiger partial charge in [0.05, 0.1) is 6.54 Å². The standard InChI is InChI=1S/C21H23N3O3S/c25-19(22-12-14-28-18-5-2-1-3-6-18)15-23-21(27)16-8-10-17(11-9-16)24-13-4-7-20(24)26/h1-3,5-6,8-11H,4,7,12-15H2,(H,22,25)(H,23,27). The number of hydrogen-bond acceptors (Lipinski definition) is 4. The maximum Gasteiger partial charge on any atom is 0.251 e. The number of carbonyl (C=O) groups is 3.